The van der Waals surface area contributed by atoms with E-state index in [1.165, 1.54) is 12.0 Å². The van der Waals surface area contributed by atoms with Gasteiger partial charge in [0, 0.05) is 25.1 Å². The Morgan fingerprint density at radius 2 is 1.62 bits per heavy atom. The number of amides is 2. The molecule has 0 unspecified atom stereocenters. The highest BCUT2D eigenvalue weighted by molar-refractivity contribution is 7.92. The third-order valence-corrected chi connectivity index (χ3v) is 8.86. The SMILES string of the molecule is COc1cccc(N(CC(=O)N(Cc2ccc(C)cc2)[C@H](Cc2ccccc2)C(=O)NC2CCCCC2)S(C)(=O)=O)c1. The molecule has 0 spiro atoms. The topological polar surface area (TPSA) is 96.0 Å². The van der Waals surface area contributed by atoms with E-state index >= 15 is 0 Å². The van der Waals surface area contributed by atoms with Crippen LogP contribution < -0.4 is 14.4 Å². The molecule has 3 aromatic carbocycles. The number of nitrogens with one attached hydrogen (secondary N) is 1. The Kier molecular flexibility index (Phi) is 10.6. The monoisotopic (exact) mass is 591 g/mol. The smallest absolute Gasteiger partial charge is 0.244 e. The highest BCUT2D eigenvalue weighted by Crippen LogP contribution is 2.25. The van der Waals surface area contributed by atoms with Crippen molar-refractivity contribution < 1.29 is 22.7 Å². The summed E-state index contributed by atoms with van der Waals surface area (Å²) < 4.78 is 32.3. The Balaban J connectivity index is 1.72. The van der Waals surface area contributed by atoms with Crippen LogP contribution in [0.25, 0.3) is 0 Å². The number of sulfonamides is 1. The highest BCUT2D eigenvalue weighted by Gasteiger charge is 2.34. The van der Waals surface area contributed by atoms with Gasteiger partial charge < -0.3 is 15.0 Å². The normalized spacial score (nSPS) is 14.5. The van der Waals surface area contributed by atoms with Crippen LogP contribution in [0.4, 0.5) is 5.69 Å². The van der Waals surface area contributed by atoms with Gasteiger partial charge in [-0.05, 0) is 43.0 Å². The average Bonchev–Trinajstić information content (AvgIpc) is 2.99. The number of methoxy groups -OCH3 is 1. The summed E-state index contributed by atoms with van der Waals surface area (Å²) in [4.78, 5) is 29.8. The first kappa shape index (κ1) is 31.1. The average molecular weight is 592 g/mol. The fraction of sp³-hybridized carbons (Fsp3) is 0.394. The van der Waals surface area contributed by atoms with E-state index in [2.05, 4.69) is 5.32 Å². The van der Waals surface area contributed by atoms with Crippen LogP contribution in [-0.2, 0) is 32.6 Å². The number of benzene rings is 3. The number of hydrogen-bond acceptors (Lipinski definition) is 5. The number of ether oxygens (including phenoxy) is 1. The Bertz CT molecular complexity index is 1440. The molecular weight excluding hydrogens is 550 g/mol. The van der Waals surface area contributed by atoms with Crippen LogP contribution in [0.3, 0.4) is 0 Å². The lowest BCUT2D eigenvalue weighted by Crippen LogP contribution is -2.55. The van der Waals surface area contributed by atoms with Crippen LogP contribution in [0, 0.1) is 6.92 Å². The van der Waals surface area contributed by atoms with Crippen molar-refractivity contribution in [2.24, 2.45) is 0 Å². The van der Waals surface area contributed by atoms with E-state index in [4.69, 9.17) is 4.74 Å². The summed E-state index contributed by atoms with van der Waals surface area (Å²) in [5.41, 5.74) is 3.15. The van der Waals surface area contributed by atoms with Crippen LogP contribution in [0.2, 0.25) is 0 Å². The van der Waals surface area contributed by atoms with E-state index in [1.54, 1.807) is 24.3 Å². The molecule has 0 bridgehead atoms. The highest BCUT2D eigenvalue weighted by atomic mass is 32.2. The summed E-state index contributed by atoms with van der Waals surface area (Å²) in [5.74, 6) is -0.221. The number of hydrogen-bond donors (Lipinski definition) is 1. The summed E-state index contributed by atoms with van der Waals surface area (Å²) in [5, 5.41) is 3.22. The van der Waals surface area contributed by atoms with Crippen LogP contribution in [-0.4, -0.2) is 57.1 Å². The van der Waals surface area contributed by atoms with E-state index in [0.717, 1.165) is 59.4 Å². The molecule has 42 heavy (non-hydrogen) atoms. The second-order valence-electron chi connectivity index (χ2n) is 11.0. The van der Waals surface area contributed by atoms with Crippen LogP contribution in [0.15, 0.2) is 78.9 Å². The van der Waals surface area contributed by atoms with E-state index in [1.807, 2.05) is 61.5 Å². The molecule has 1 aliphatic rings. The van der Waals surface area contributed by atoms with Crippen molar-refractivity contribution in [2.45, 2.75) is 64.1 Å². The van der Waals surface area contributed by atoms with Gasteiger partial charge in [-0.3, -0.25) is 13.9 Å². The molecule has 8 nitrogen and oxygen atoms in total. The van der Waals surface area contributed by atoms with Gasteiger partial charge in [0.15, 0.2) is 0 Å². The molecule has 1 N–H and O–H groups in total. The zero-order chi connectivity index (χ0) is 30.1. The molecule has 2 amide bonds. The standard InChI is InChI=1S/C33H41N3O5S/c1-25-17-19-27(20-18-25)23-35(32(37)24-36(42(3,39)40)29-15-10-16-30(22-29)41-2)31(21-26-11-6-4-7-12-26)33(38)34-28-13-8-5-9-14-28/h4,6-7,10-12,15-20,22,28,31H,5,8-9,13-14,21,23-24H2,1-3H3,(H,34,38)/t31-/m1/s1. The Labute approximate surface area is 249 Å². The van der Waals surface area contributed by atoms with Gasteiger partial charge in [0.2, 0.25) is 21.8 Å². The minimum atomic E-state index is -3.85. The predicted molar refractivity (Wildman–Crippen MR) is 166 cm³/mol. The van der Waals surface area contributed by atoms with Gasteiger partial charge in [-0.2, -0.15) is 0 Å². The quantitative estimate of drug-likeness (QED) is 0.325. The zero-order valence-electron chi connectivity index (χ0n) is 24.7. The molecule has 0 saturated heterocycles. The van der Waals surface area contributed by atoms with Gasteiger partial charge >= 0.3 is 0 Å². The number of carbonyl (C=O) groups excluding carboxylic acids is 2. The van der Waals surface area contributed by atoms with Crippen molar-refractivity contribution in [3.63, 3.8) is 0 Å². The van der Waals surface area contributed by atoms with E-state index in [-0.39, 0.29) is 18.5 Å². The number of rotatable bonds is 12. The molecule has 1 fully saturated rings. The molecular formula is C33H41N3O5S. The number of aryl methyl sites for hydroxylation is 1. The molecule has 9 heteroatoms. The van der Waals surface area contributed by atoms with Crippen LogP contribution in [0.1, 0.15) is 48.8 Å². The van der Waals surface area contributed by atoms with Crippen molar-refractivity contribution in [3.8, 4) is 5.75 Å². The number of carbonyl (C=O) groups is 2. The molecule has 1 aliphatic carbocycles. The summed E-state index contributed by atoms with van der Waals surface area (Å²) in [6, 6.07) is 23.2. The van der Waals surface area contributed by atoms with Gasteiger partial charge in [-0.25, -0.2) is 8.42 Å². The molecule has 3 aromatic rings. The molecule has 1 atom stereocenters. The minimum Gasteiger partial charge on any atom is -0.497 e. The first-order valence-corrected chi connectivity index (χ1v) is 16.3. The van der Waals surface area contributed by atoms with Gasteiger partial charge in [-0.15, -0.1) is 0 Å². The predicted octanol–water partition coefficient (Wildman–Crippen LogP) is 4.86. The maximum Gasteiger partial charge on any atom is 0.244 e. The lowest BCUT2D eigenvalue weighted by Gasteiger charge is -2.35. The molecule has 0 heterocycles. The first-order chi connectivity index (χ1) is 20.1. The van der Waals surface area contributed by atoms with E-state index in [9.17, 15) is 18.0 Å². The lowest BCUT2D eigenvalue weighted by molar-refractivity contribution is -0.140. The largest absolute Gasteiger partial charge is 0.497 e. The third kappa shape index (κ3) is 8.58. The Hall–Kier alpha value is -3.85. The summed E-state index contributed by atoms with van der Waals surface area (Å²) in [7, 11) is -2.35. The Morgan fingerprint density at radius 3 is 2.26 bits per heavy atom. The minimum absolute atomic E-state index is 0.0603. The van der Waals surface area contributed by atoms with Gasteiger partial charge in [0.1, 0.15) is 18.3 Å². The maximum atomic E-state index is 14.2. The zero-order valence-corrected chi connectivity index (χ0v) is 25.5. The van der Waals surface area contributed by atoms with Gasteiger partial charge in [0.05, 0.1) is 19.1 Å². The van der Waals surface area contributed by atoms with Crippen molar-refractivity contribution in [1.82, 2.24) is 10.2 Å². The first-order valence-electron chi connectivity index (χ1n) is 14.4. The summed E-state index contributed by atoms with van der Waals surface area (Å²) >= 11 is 0. The number of anilines is 1. The van der Waals surface area contributed by atoms with Gasteiger partial charge in [-0.1, -0.05) is 85.5 Å². The van der Waals surface area contributed by atoms with Crippen molar-refractivity contribution >= 4 is 27.5 Å². The fourth-order valence-electron chi connectivity index (χ4n) is 5.37. The van der Waals surface area contributed by atoms with Gasteiger partial charge in [0.25, 0.3) is 0 Å². The van der Waals surface area contributed by atoms with Crippen molar-refractivity contribution in [1.29, 1.82) is 0 Å². The molecule has 0 aliphatic heterocycles. The second kappa shape index (κ2) is 14.4. The maximum absolute atomic E-state index is 14.2. The number of nitrogens with zero attached hydrogens (tertiary/aromatic N) is 2. The summed E-state index contributed by atoms with van der Waals surface area (Å²) in [6.07, 6.45) is 6.47. The lowest BCUT2D eigenvalue weighted by atomic mass is 9.94. The third-order valence-electron chi connectivity index (χ3n) is 7.72. The summed E-state index contributed by atoms with van der Waals surface area (Å²) in [6.45, 7) is 1.69. The second-order valence-corrected chi connectivity index (χ2v) is 12.9. The molecule has 224 valence electrons. The van der Waals surface area contributed by atoms with Crippen LogP contribution >= 0.6 is 0 Å². The van der Waals surface area contributed by atoms with E-state index in [0.29, 0.717) is 17.9 Å². The fourth-order valence-corrected chi connectivity index (χ4v) is 6.21. The Morgan fingerprint density at radius 1 is 0.929 bits per heavy atom. The van der Waals surface area contributed by atoms with Crippen molar-refractivity contribution in [3.05, 3.63) is 95.6 Å². The molecule has 4 rings (SSSR count). The van der Waals surface area contributed by atoms with Crippen molar-refractivity contribution in [2.75, 3.05) is 24.2 Å². The van der Waals surface area contributed by atoms with E-state index < -0.39 is 28.5 Å². The molecule has 1 saturated carbocycles. The molecule has 0 radical (unpaired) electrons. The molecule has 0 aromatic heterocycles. The van der Waals surface area contributed by atoms with Crippen LogP contribution in [0.5, 0.6) is 5.75 Å².